The number of rotatable bonds is 5. The lowest BCUT2D eigenvalue weighted by Gasteiger charge is -2.26. The van der Waals surface area contributed by atoms with Gasteiger partial charge in [0, 0.05) is 31.7 Å². The van der Waals surface area contributed by atoms with Crippen LogP contribution in [0.1, 0.15) is 24.8 Å². The lowest BCUT2D eigenvalue weighted by Crippen LogP contribution is -2.35. The molecular weight excluding hydrogens is 358 g/mol. The lowest BCUT2D eigenvalue weighted by molar-refractivity contribution is -0.118. The SMILES string of the molecule is CN1C(=O)CCc2cc(S(=O)(=O)NCC3CN(C4CC4)C(=O)O3)ccc21. The highest BCUT2D eigenvalue weighted by atomic mass is 32.2. The van der Waals surface area contributed by atoms with Crippen molar-refractivity contribution in [2.75, 3.05) is 25.0 Å². The molecular formula is C17H21N3O5S. The summed E-state index contributed by atoms with van der Waals surface area (Å²) in [6.07, 6.45) is 2.03. The predicted molar refractivity (Wildman–Crippen MR) is 93.4 cm³/mol. The van der Waals surface area contributed by atoms with Gasteiger partial charge in [-0.1, -0.05) is 0 Å². The third-order valence-corrected chi connectivity index (χ3v) is 6.52. The summed E-state index contributed by atoms with van der Waals surface area (Å²) in [6.45, 7) is 0.468. The molecule has 2 fully saturated rings. The average Bonchev–Trinajstić information content (AvgIpc) is 3.39. The molecule has 2 heterocycles. The van der Waals surface area contributed by atoms with Crippen LogP contribution in [-0.2, 0) is 26.0 Å². The molecule has 26 heavy (non-hydrogen) atoms. The quantitative estimate of drug-likeness (QED) is 0.819. The van der Waals surface area contributed by atoms with Crippen molar-refractivity contribution >= 4 is 27.7 Å². The van der Waals surface area contributed by atoms with Gasteiger partial charge in [0.1, 0.15) is 6.10 Å². The van der Waals surface area contributed by atoms with Crippen molar-refractivity contribution in [1.82, 2.24) is 9.62 Å². The monoisotopic (exact) mass is 379 g/mol. The second-order valence-electron chi connectivity index (χ2n) is 6.98. The van der Waals surface area contributed by atoms with Gasteiger partial charge in [0.15, 0.2) is 0 Å². The summed E-state index contributed by atoms with van der Waals surface area (Å²) in [5.74, 6) is 0.0227. The molecule has 1 atom stereocenters. The molecule has 9 heteroatoms. The Morgan fingerprint density at radius 2 is 2.00 bits per heavy atom. The Morgan fingerprint density at radius 3 is 2.73 bits per heavy atom. The Hall–Kier alpha value is -2.13. The number of amides is 2. The Balaban J connectivity index is 1.44. The number of nitrogens with zero attached hydrogens (tertiary/aromatic N) is 2. The van der Waals surface area contributed by atoms with Gasteiger partial charge in [0.2, 0.25) is 15.9 Å². The van der Waals surface area contributed by atoms with E-state index in [-0.39, 0.29) is 29.5 Å². The third-order valence-electron chi connectivity index (χ3n) is 5.10. The fourth-order valence-electron chi connectivity index (χ4n) is 3.42. The minimum Gasteiger partial charge on any atom is -0.443 e. The van der Waals surface area contributed by atoms with Crippen LogP contribution < -0.4 is 9.62 Å². The van der Waals surface area contributed by atoms with Crippen LogP contribution >= 0.6 is 0 Å². The van der Waals surface area contributed by atoms with E-state index < -0.39 is 16.1 Å². The van der Waals surface area contributed by atoms with Gasteiger partial charge in [-0.25, -0.2) is 17.9 Å². The van der Waals surface area contributed by atoms with E-state index in [9.17, 15) is 18.0 Å². The second-order valence-corrected chi connectivity index (χ2v) is 8.75. The molecule has 0 spiro atoms. The number of aryl methyl sites for hydroxylation is 1. The molecule has 1 N–H and O–H groups in total. The van der Waals surface area contributed by atoms with Crippen molar-refractivity contribution in [3.63, 3.8) is 0 Å². The van der Waals surface area contributed by atoms with E-state index in [0.717, 1.165) is 24.1 Å². The van der Waals surface area contributed by atoms with Crippen molar-refractivity contribution in [2.24, 2.45) is 0 Å². The summed E-state index contributed by atoms with van der Waals surface area (Å²) in [4.78, 5) is 26.9. The Morgan fingerprint density at radius 1 is 1.23 bits per heavy atom. The van der Waals surface area contributed by atoms with Gasteiger partial charge in [-0.15, -0.1) is 0 Å². The van der Waals surface area contributed by atoms with Gasteiger partial charge in [-0.05, 0) is 43.0 Å². The smallest absolute Gasteiger partial charge is 0.410 e. The van der Waals surface area contributed by atoms with E-state index in [2.05, 4.69) is 4.72 Å². The zero-order valence-electron chi connectivity index (χ0n) is 14.5. The first-order valence-corrected chi connectivity index (χ1v) is 10.2. The summed E-state index contributed by atoms with van der Waals surface area (Å²) in [6, 6.07) is 5.01. The molecule has 1 unspecified atom stereocenters. The van der Waals surface area contributed by atoms with Gasteiger partial charge in [-0.2, -0.15) is 0 Å². The number of fused-ring (bicyclic) bond motifs is 1. The van der Waals surface area contributed by atoms with Gasteiger partial charge in [0.05, 0.1) is 11.4 Å². The molecule has 2 amide bonds. The van der Waals surface area contributed by atoms with Crippen LogP contribution in [0.2, 0.25) is 0 Å². The Kier molecular flexibility index (Phi) is 4.15. The normalized spacial score (nSPS) is 23.2. The van der Waals surface area contributed by atoms with E-state index in [4.69, 9.17) is 4.74 Å². The summed E-state index contributed by atoms with van der Waals surface area (Å²) in [7, 11) is -2.03. The molecule has 1 aliphatic carbocycles. The number of nitrogens with one attached hydrogen (secondary N) is 1. The van der Waals surface area contributed by atoms with Gasteiger partial charge >= 0.3 is 6.09 Å². The maximum Gasteiger partial charge on any atom is 0.410 e. The number of anilines is 1. The van der Waals surface area contributed by atoms with Crippen LogP contribution in [0.3, 0.4) is 0 Å². The van der Waals surface area contributed by atoms with E-state index in [1.165, 1.54) is 6.07 Å². The molecule has 3 aliphatic rings. The summed E-state index contributed by atoms with van der Waals surface area (Å²) >= 11 is 0. The summed E-state index contributed by atoms with van der Waals surface area (Å²) in [5, 5.41) is 0. The van der Waals surface area contributed by atoms with Crippen molar-refractivity contribution in [3.05, 3.63) is 23.8 Å². The zero-order valence-corrected chi connectivity index (χ0v) is 15.3. The molecule has 1 aromatic carbocycles. The number of carbonyl (C=O) groups is 2. The van der Waals surface area contributed by atoms with Crippen molar-refractivity contribution < 1.29 is 22.7 Å². The third kappa shape index (κ3) is 3.16. The van der Waals surface area contributed by atoms with Gasteiger partial charge in [0.25, 0.3) is 0 Å². The van der Waals surface area contributed by atoms with Crippen molar-refractivity contribution in [3.8, 4) is 0 Å². The largest absolute Gasteiger partial charge is 0.443 e. The first-order valence-electron chi connectivity index (χ1n) is 8.71. The predicted octanol–water partition coefficient (Wildman–Crippen LogP) is 0.857. The molecule has 0 aromatic heterocycles. The van der Waals surface area contributed by atoms with Gasteiger partial charge in [-0.3, -0.25) is 4.79 Å². The molecule has 0 radical (unpaired) electrons. The standard InChI is InChI=1S/C17H21N3O5S/c1-19-15-6-5-14(8-11(15)2-7-16(19)21)26(23,24)18-9-13-10-20(12-3-4-12)17(22)25-13/h5-6,8,12-13,18H,2-4,7,9-10H2,1H3. The van der Waals surface area contributed by atoms with Crippen LogP contribution in [0.15, 0.2) is 23.1 Å². The Labute approximate surface area is 152 Å². The zero-order chi connectivity index (χ0) is 18.5. The van der Waals surface area contributed by atoms with Crippen molar-refractivity contribution in [1.29, 1.82) is 0 Å². The fraction of sp³-hybridized carbons (Fsp3) is 0.529. The highest BCUT2D eigenvalue weighted by molar-refractivity contribution is 7.89. The highest BCUT2D eigenvalue weighted by Crippen LogP contribution is 2.31. The summed E-state index contributed by atoms with van der Waals surface area (Å²) < 4.78 is 32.9. The molecule has 8 nitrogen and oxygen atoms in total. The topological polar surface area (TPSA) is 96.0 Å². The van der Waals surface area contributed by atoms with E-state index >= 15 is 0 Å². The van der Waals surface area contributed by atoms with Gasteiger partial charge < -0.3 is 14.5 Å². The van der Waals surface area contributed by atoms with E-state index in [1.807, 2.05) is 0 Å². The minimum absolute atomic E-state index is 0.0227. The first kappa shape index (κ1) is 17.3. The minimum atomic E-state index is -3.72. The maximum absolute atomic E-state index is 12.6. The molecule has 1 saturated heterocycles. The Bertz CT molecular complexity index is 865. The molecule has 1 aromatic rings. The molecule has 1 saturated carbocycles. The number of sulfonamides is 1. The number of ether oxygens (including phenoxy) is 1. The second kappa shape index (κ2) is 6.24. The fourth-order valence-corrected chi connectivity index (χ4v) is 4.53. The average molecular weight is 379 g/mol. The van der Waals surface area contributed by atoms with E-state index in [1.54, 1.807) is 29.0 Å². The molecule has 0 bridgehead atoms. The van der Waals surface area contributed by atoms with Crippen LogP contribution in [0.5, 0.6) is 0 Å². The highest BCUT2D eigenvalue weighted by Gasteiger charge is 2.41. The number of hydrogen-bond donors (Lipinski definition) is 1. The first-order chi connectivity index (χ1) is 12.3. The molecule has 140 valence electrons. The van der Waals surface area contributed by atoms with Crippen LogP contribution in [-0.4, -0.2) is 57.6 Å². The van der Waals surface area contributed by atoms with Crippen LogP contribution in [0.4, 0.5) is 10.5 Å². The molecule has 2 aliphatic heterocycles. The number of cyclic esters (lactones) is 1. The van der Waals surface area contributed by atoms with Crippen molar-refractivity contribution in [2.45, 2.75) is 42.7 Å². The van der Waals surface area contributed by atoms with E-state index in [0.29, 0.717) is 19.4 Å². The summed E-state index contributed by atoms with van der Waals surface area (Å²) in [5.41, 5.74) is 1.58. The number of carbonyl (C=O) groups excluding carboxylic acids is 2. The maximum atomic E-state index is 12.6. The van der Waals surface area contributed by atoms with Crippen LogP contribution in [0, 0.1) is 0 Å². The van der Waals surface area contributed by atoms with Crippen LogP contribution in [0.25, 0.3) is 0 Å². The lowest BCUT2D eigenvalue weighted by atomic mass is 10.0. The number of benzene rings is 1. The molecule has 4 rings (SSSR count). The number of hydrogen-bond acceptors (Lipinski definition) is 5.